The Labute approximate surface area is 222 Å². The number of carbonyl (C=O) groups excluding carboxylic acids is 1. The Morgan fingerprint density at radius 2 is 1.74 bits per heavy atom. The number of halogens is 3. The molecule has 12 heteroatoms. The predicted molar refractivity (Wildman–Crippen MR) is 139 cm³/mol. The molecule has 2 aromatic carbocycles. The zero-order valence-corrected chi connectivity index (χ0v) is 21.9. The Balaban J connectivity index is 1.73. The standard InChI is InChI=1S/C27H24F3NO7S/c1-16(32)22-14-31(39(35,36)20-9-11-24(26(2,3)13-20)37-15-25(33)34)23-10-6-18(12-21(22)23)17-4-7-19(8-5-17)38-27(28,29)30/h4-14,24H,15H2,1-3H3,(H-,33,34,35,36)/p+1. The van der Waals surface area contributed by atoms with E-state index in [4.69, 9.17) is 9.84 Å². The Kier molecular flexibility index (Phi) is 7.32. The lowest BCUT2D eigenvalue weighted by atomic mass is 9.83. The molecule has 1 heterocycles. The van der Waals surface area contributed by atoms with Crippen LogP contribution in [0.4, 0.5) is 13.2 Å². The first-order chi connectivity index (χ1) is 18.1. The van der Waals surface area contributed by atoms with E-state index in [2.05, 4.69) is 4.74 Å². The first-order valence-corrected chi connectivity index (χ1v) is 13.1. The summed E-state index contributed by atoms with van der Waals surface area (Å²) >= 11 is 0. The van der Waals surface area contributed by atoms with Crippen LogP contribution in [0.15, 0.2) is 71.8 Å². The summed E-state index contributed by atoms with van der Waals surface area (Å²) < 4.78 is 72.9. The number of ether oxygens (including phenoxy) is 2. The van der Waals surface area contributed by atoms with Gasteiger partial charge < -0.3 is 14.6 Å². The number of alkyl halides is 3. The summed E-state index contributed by atoms with van der Waals surface area (Å²) in [6.07, 6.45) is 0.307. The van der Waals surface area contributed by atoms with E-state index in [1.54, 1.807) is 38.1 Å². The lowest BCUT2D eigenvalue weighted by Crippen LogP contribution is -2.34. The van der Waals surface area contributed by atoms with Gasteiger partial charge in [0.15, 0.2) is 5.78 Å². The van der Waals surface area contributed by atoms with Crippen molar-refractivity contribution < 1.29 is 46.1 Å². The Bertz CT molecular complexity index is 1550. The van der Waals surface area contributed by atoms with Crippen LogP contribution >= 0.6 is 0 Å². The van der Waals surface area contributed by atoms with Crippen molar-refractivity contribution in [3.8, 4) is 16.9 Å². The molecule has 0 fully saturated rings. The molecule has 206 valence electrons. The fourth-order valence-corrected chi connectivity index (χ4v) is 5.97. The molecular formula is C27H25F3NO7S+. The molecule has 1 aromatic heterocycles. The number of allylic oxidation sites excluding steroid dienone is 1. The highest BCUT2D eigenvalue weighted by molar-refractivity contribution is 8.00. The van der Waals surface area contributed by atoms with E-state index in [-0.39, 0.29) is 22.0 Å². The average molecular weight is 565 g/mol. The van der Waals surface area contributed by atoms with Crippen LogP contribution in [-0.4, -0.2) is 44.5 Å². The Morgan fingerprint density at radius 3 is 2.31 bits per heavy atom. The van der Waals surface area contributed by atoms with Gasteiger partial charge in [-0.1, -0.05) is 32.0 Å². The molecule has 0 saturated carbocycles. The van der Waals surface area contributed by atoms with Crippen molar-refractivity contribution in [1.29, 1.82) is 0 Å². The van der Waals surface area contributed by atoms with Gasteiger partial charge in [-0.25, -0.2) is 4.79 Å². The lowest BCUT2D eigenvalue weighted by molar-refractivity contribution is -0.274. The largest absolute Gasteiger partial charge is 0.573 e. The van der Waals surface area contributed by atoms with E-state index in [1.165, 1.54) is 49.5 Å². The number of rotatable bonds is 8. The third kappa shape index (κ3) is 5.97. The second-order valence-corrected chi connectivity index (χ2v) is 11.4. The van der Waals surface area contributed by atoms with E-state index in [1.807, 2.05) is 0 Å². The number of aliphatic carboxylic acids is 1. The summed E-state index contributed by atoms with van der Waals surface area (Å²) in [5, 5.41) is 9.30. The minimum Gasteiger partial charge on any atom is -0.480 e. The van der Waals surface area contributed by atoms with Crippen LogP contribution in [0.2, 0.25) is 0 Å². The number of nitrogens with zero attached hydrogens (tertiary/aromatic N) is 1. The molecule has 0 bridgehead atoms. The summed E-state index contributed by atoms with van der Waals surface area (Å²) in [6.45, 7) is 4.28. The molecule has 0 amide bonds. The monoisotopic (exact) mass is 564 g/mol. The van der Waals surface area contributed by atoms with Crippen molar-refractivity contribution in [2.75, 3.05) is 6.61 Å². The van der Waals surface area contributed by atoms with E-state index in [9.17, 15) is 31.5 Å². The Morgan fingerprint density at radius 1 is 1.10 bits per heavy atom. The molecule has 4 rings (SSSR count). The highest BCUT2D eigenvalue weighted by Gasteiger charge is 2.42. The maximum absolute atomic E-state index is 13.8. The SMILES string of the molecule is CC(=O)c1cn([S+](=O)(O)C2=CC(C)(C)C(OCC(=O)O)C=C2)c2ccc(-c3ccc(OC(F)(F)F)cc3)cc12. The number of hydrogen-bond acceptors (Lipinski definition) is 5. The molecule has 8 nitrogen and oxygen atoms in total. The van der Waals surface area contributed by atoms with Gasteiger partial charge in [-0.3, -0.25) is 4.79 Å². The van der Waals surface area contributed by atoms with E-state index in [0.717, 1.165) is 3.97 Å². The number of ketones is 1. The number of carboxylic acids is 1. The molecule has 2 unspecified atom stereocenters. The fraction of sp³-hybridized carbons (Fsp3) is 0.259. The van der Waals surface area contributed by atoms with E-state index >= 15 is 0 Å². The van der Waals surface area contributed by atoms with Crippen LogP contribution in [0.1, 0.15) is 31.1 Å². The van der Waals surface area contributed by atoms with Crippen LogP contribution in [-0.2, 0) is 24.1 Å². The second-order valence-electron chi connectivity index (χ2n) is 9.58. The van der Waals surface area contributed by atoms with Gasteiger partial charge in [0.1, 0.15) is 17.9 Å². The third-order valence-electron chi connectivity index (χ3n) is 6.21. The van der Waals surface area contributed by atoms with Crippen LogP contribution < -0.4 is 4.74 Å². The lowest BCUT2D eigenvalue weighted by Gasteiger charge is -2.31. The van der Waals surface area contributed by atoms with E-state index < -0.39 is 40.9 Å². The van der Waals surface area contributed by atoms with Crippen molar-refractivity contribution in [2.45, 2.75) is 33.2 Å². The first-order valence-electron chi connectivity index (χ1n) is 11.6. The average Bonchev–Trinajstić information content (AvgIpc) is 3.22. The van der Waals surface area contributed by atoms with E-state index in [0.29, 0.717) is 22.0 Å². The normalized spacial score (nSPS) is 18.4. The molecule has 0 spiro atoms. The molecule has 1 aliphatic carbocycles. The number of fused-ring (bicyclic) bond motifs is 1. The minimum absolute atomic E-state index is 0.0546. The third-order valence-corrected chi connectivity index (χ3v) is 7.92. The van der Waals surface area contributed by atoms with Gasteiger partial charge in [-0.2, -0.15) is 4.55 Å². The molecule has 39 heavy (non-hydrogen) atoms. The zero-order valence-electron chi connectivity index (χ0n) is 21.1. The van der Waals surface area contributed by atoms with Gasteiger partial charge in [-0.05, 0) is 64.8 Å². The maximum Gasteiger partial charge on any atom is 0.573 e. The first kappa shape index (κ1) is 28.3. The topological polar surface area (TPSA) is 115 Å². The number of hydrogen-bond donors (Lipinski definition) is 2. The molecule has 1 aliphatic rings. The number of aromatic nitrogens is 1. The van der Waals surface area contributed by atoms with Crippen LogP contribution in [0.5, 0.6) is 5.75 Å². The van der Waals surface area contributed by atoms with Crippen molar-refractivity contribution in [1.82, 2.24) is 3.97 Å². The molecule has 0 aliphatic heterocycles. The van der Waals surface area contributed by atoms with Crippen molar-refractivity contribution >= 4 is 33.1 Å². The number of Topliss-reactive ketones (excluding diaryl/α,β-unsaturated/α-hetero) is 1. The predicted octanol–water partition coefficient (Wildman–Crippen LogP) is 6.09. The van der Waals surface area contributed by atoms with Gasteiger partial charge in [0.05, 0.1) is 12.3 Å². The van der Waals surface area contributed by atoms with Crippen molar-refractivity contribution in [3.05, 3.63) is 77.4 Å². The second kappa shape index (κ2) is 10.1. The highest BCUT2D eigenvalue weighted by Crippen LogP contribution is 2.38. The number of benzene rings is 2. The smallest absolute Gasteiger partial charge is 0.480 e. The van der Waals surface area contributed by atoms with Gasteiger partial charge in [0.2, 0.25) is 4.91 Å². The molecule has 2 N–H and O–H groups in total. The fourth-order valence-electron chi connectivity index (χ4n) is 4.35. The summed E-state index contributed by atoms with van der Waals surface area (Å²) in [6, 6.07) is 10.0. The van der Waals surface area contributed by atoms with Crippen LogP contribution in [0, 0.1) is 5.41 Å². The highest BCUT2D eigenvalue weighted by atomic mass is 32.3. The van der Waals surface area contributed by atoms with Crippen LogP contribution in [0.3, 0.4) is 0 Å². The minimum atomic E-state index is -4.82. The molecular weight excluding hydrogens is 539 g/mol. The quantitative estimate of drug-likeness (QED) is 0.251. The molecule has 2 atom stereocenters. The molecule has 0 saturated heterocycles. The number of carboxylic acid groups (broad SMARTS) is 1. The van der Waals surface area contributed by atoms with Crippen molar-refractivity contribution in [2.24, 2.45) is 5.41 Å². The molecule has 0 radical (unpaired) electrons. The van der Waals surface area contributed by atoms with Gasteiger partial charge in [-0.15, -0.1) is 17.1 Å². The van der Waals surface area contributed by atoms with Crippen molar-refractivity contribution in [3.63, 3.8) is 0 Å². The Hall–Kier alpha value is -3.74. The van der Waals surface area contributed by atoms with Gasteiger partial charge >= 0.3 is 22.7 Å². The summed E-state index contributed by atoms with van der Waals surface area (Å²) in [5.41, 5.74) is 0.789. The van der Waals surface area contributed by atoms with Gasteiger partial charge in [0.25, 0.3) is 0 Å². The van der Waals surface area contributed by atoms with Crippen LogP contribution in [0.25, 0.3) is 22.0 Å². The van der Waals surface area contributed by atoms with Gasteiger partial charge in [0, 0.05) is 16.4 Å². The molecule has 3 aromatic rings. The summed E-state index contributed by atoms with van der Waals surface area (Å²) in [5.74, 6) is -1.87. The zero-order chi connectivity index (χ0) is 28.8. The number of carbonyl (C=O) groups is 2. The maximum atomic E-state index is 13.8. The summed E-state index contributed by atoms with van der Waals surface area (Å²) in [4.78, 5) is 23.4. The summed E-state index contributed by atoms with van der Waals surface area (Å²) in [7, 11) is -3.93.